The van der Waals surface area contributed by atoms with Crippen molar-refractivity contribution in [3.63, 3.8) is 0 Å². The Hall–Kier alpha value is -0.830. The first-order valence-electron chi connectivity index (χ1n) is 6.83. The fourth-order valence-corrected chi connectivity index (χ4v) is 2.74. The summed E-state index contributed by atoms with van der Waals surface area (Å²) < 4.78 is 2.29. The van der Waals surface area contributed by atoms with Crippen molar-refractivity contribution in [2.75, 3.05) is 0 Å². The van der Waals surface area contributed by atoms with Crippen LogP contribution in [0.3, 0.4) is 0 Å². The van der Waals surface area contributed by atoms with E-state index in [1.54, 1.807) is 0 Å². The van der Waals surface area contributed by atoms with Crippen LogP contribution in [0, 0.1) is 11.3 Å². The van der Waals surface area contributed by atoms with Crippen molar-refractivity contribution < 1.29 is 0 Å². The number of hydrogen-bond acceptors (Lipinski definition) is 2. The first-order chi connectivity index (χ1) is 8.08. The second-order valence-corrected chi connectivity index (χ2v) is 5.92. The molecular weight excluding hydrogens is 210 g/mol. The number of rotatable bonds is 5. The van der Waals surface area contributed by atoms with Gasteiger partial charge in [-0.15, -0.1) is 0 Å². The quantitative estimate of drug-likeness (QED) is 0.852. The number of aromatic nitrogens is 2. The van der Waals surface area contributed by atoms with Gasteiger partial charge in [0.25, 0.3) is 0 Å². The molecule has 3 heteroatoms. The van der Waals surface area contributed by atoms with Gasteiger partial charge in [-0.3, -0.25) is 0 Å². The van der Waals surface area contributed by atoms with E-state index >= 15 is 0 Å². The van der Waals surface area contributed by atoms with Crippen molar-refractivity contribution in [1.82, 2.24) is 9.55 Å². The molecule has 1 unspecified atom stereocenters. The van der Waals surface area contributed by atoms with Gasteiger partial charge in [0.15, 0.2) is 0 Å². The van der Waals surface area contributed by atoms with E-state index in [1.165, 1.54) is 31.4 Å². The number of imidazole rings is 1. The molecule has 1 fully saturated rings. The van der Waals surface area contributed by atoms with Crippen molar-refractivity contribution in [3.8, 4) is 0 Å². The van der Waals surface area contributed by atoms with Gasteiger partial charge in [0.1, 0.15) is 0 Å². The minimum atomic E-state index is 0.103. The lowest BCUT2D eigenvalue weighted by Crippen LogP contribution is -2.34. The molecule has 3 nitrogen and oxygen atoms in total. The third-order valence-corrected chi connectivity index (χ3v) is 4.47. The highest BCUT2D eigenvalue weighted by Crippen LogP contribution is 2.45. The average molecular weight is 235 g/mol. The third kappa shape index (κ3) is 2.39. The van der Waals surface area contributed by atoms with Gasteiger partial charge in [-0.05, 0) is 30.6 Å². The fourth-order valence-electron chi connectivity index (χ4n) is 2.74. The highest BCUT2D eigenvalue weighted by molar-refractivity contribution is 5.07. The smallest absolute Gasteiger partial charge is 0.0948 e. The summed E-state index contributed by atoms with van der Waals surface area (Å²) in [5.41, 5.74) is 7.96. The molecule has 1 aromatic heterocycles. The number of nitrogens with two attached hydrogens (primary N) is 1. The molecule has 0 spiro atoms. The van der Waals surface area contributed by atoms with Crippen LogP contribution in [0.15, 0.2) is 12.5 Å². The molecule has 17 heavy (non-hydrogen) atoms. The molecule has 2 rings (SSSR count). The molecule has 1 aromatic rings. The van der Waals surface area contributed by atoms with Gasteiger partial charge in [0.05, 0.1) is 12.0 Å². The zero-order chi connectivity index (χ0) is 12.5. The third-order valence-electron chi connectivity index (χ3n) is 4.47. The monoisotopic (exact) mass is 235 g/mol. The van der Waals surface area contributed by atoms with Gasteiger partial charge in [-0.1, -0.05) is 27.2 Å². The van der Waals surface area contributed by atoms with Crippen LogP contribution in [0.2, 0.25) is 0 Å². The van der Waals surface area contributed by atoms with Crippen LogP contribution in [0.4, 0.5) is 0 Å². The van der Waals surface area contributed by atoms with Crippen molar-refractivity contribution in [2.45, 2.75) is 59.0 Å². The van der Waals surface area contributed by atoms with Crippen LogP contribution in [-0.4, -0.2) is 9.55 Å². The summed E-state index contributed by atoms with van der Waals surface area (Å²) in [5, 5.41) is 0. The Labute approximate surface area is 104 Å². The molecule has 1 saturated carbocycles. The van der Waals surface area contributed by atoms with E-state index in [9.17, 15) is 0 Å². The molecule has 0 amide bonds. The molecule has 1 aliphatic rings. The summed E-state index contributed by atoms with van der Waals surface area (Å²) in [5.74, 6) is 0.462. The highest BCUT2D eigenvalue weighted by atomic mass is 15.1. The van der Waals surface area contributed by atoms with Gasteiger partial charge in [0, 0.05) is 18.8 Å². The molecule has 0 aromatic carbocycles. The Morgan fingerprint density at radius 3 is 2.65 bits per heavy atom. The second kappa shape index (κ2) is 4.81. The van der Waals surface area contributed by atoms with Crippen LogP contribution in [-0.2, 0) is 6.54 Å². The maximum absolute atomic E-state index is 6.24. The number of hydrogen-bond donors (Lipinski definition) is 1. The van der Waals surface area contributed by atoms with Gasteiger partial charge < -0.3 is 10.3 Å². The second-order valence-electron chi connectivity index (χ2n) is 5.92. The minimum absolute atomic E-state index is 0.103. The standard InChI is InChI=1S/C14H25N3/c1-4-14(6-5-7-14)9-17-10-16-8-12(17)13(15)11(2)3/h8,10-11,13H,4-7,9,15H2,1-3H3. The molecule has 0 saturated heterocycles. The van der Waals surface area contributed by atoms with Crippen LogP contribution >= 0.6 is 0 Å². The van der Waals surface area contributed by atoms with E-state index in [0.717, 1.165) is 6.54 Å². The van der Waals surface area contributed by atoms with Crippen LogP contribution in [0.5, 0.6) is 0 Å². The topological polar surface area (TPSA) is 43.8 Å². The molecule has 1 atom stereocenters. The summed E-state index contributed by atoms with van der Waals surface area (Å²) >= 11 is 0. The lowest BCUT2D eigenvalue weighted by atomic mass is 9.67. The molecule has 0 aliphatic heterocycles. The largest absolute Gasteiger partial charge is 0.333 e. The maximum atomic E-state index is 6.24. The summed E-state index contributed by atoms with van der Waals surface area (Å²) in [7, 11) is 0. The zero-order valence-corrected chi connectivity index (χ0v) is 11.3. The van der Waals surface area contributed by atoms with Crippen LogP contribution in [0.25, 0.3) is 0 Å². The van der Waals surface area contributed by atoms with Crippen molar-refractivity contribution in [3.05, 3.63) is 18.2 Å². The van der Waals surface area contributed by atoms with Crippen LogP contribution in [0.1, 0.15) is 58.2 Å². The van der Waals surface area contributed by atoms with E-state index in [2.05, 4.69) is 30.3 Å². The first-order valence-corrected chi connectivity index (χ1v) is 6.83. The number of nitrogens with zero attached hydrogens (tertiary/aromatic N) is 2. The molecule has 1 heterocycles. The lowest BCUT2D eigenvalue weighted by Gasteiger charge is -2.42. The van der Waals surface area contributed by atoms with Gasteiger partial charge in [-0.25, -0.2) is 4.98 Å². The molecule has 2 N–H and O–H groups in total. The maximum Gasteiger partial charge on any atom is 0.0948 e. The average Bonchev–Trinajstić information content (AvgIpc) is 2.70. The fraction of sp³-hybridized carbons (Fsp3) is 0.786. The Morgan fingerprint density at radius 1 is 1.47 bits per heavy atom. The van der Waals surface area contributed by atoms with E-state index < -0.39 is 0 Å². The van der Waals surface area contributed by atoms with Gasteiger partial charge >= 0.3 is 0 Å². The predicted octanol–water partition coefficient (Wildman–Crippen LogP) is 3.12. The Balaban J connectivity index is 2.14. The van der Waals surface area contributed by atoms with E-state index in [4.69, 9.17) is 5.73 Å². The van der Waals surface area contributed by atoms with Crippen molar-refractivity contribution in [2.24, 2.45) is 17.1 Å². The Bertz CT molecular complexity index is 358. The van der Waals surface area contributed by atoms with Crippen molar-refractivity contribution >= 4 is 0 Å². The Kier molecular flexibility index (Phi) is 3.57. The summed E-state index contributed by atoms with van der Waals surface area (Å²) in [4.78, 5) is 4.29. The molecule has 1 aliphatic carbocycles. The van der Waals surface area contributed by atoms with Gasteiger partial charge in [0.2, 0.25) is 0 Å². The minimum Gasteiger partial charge on any atom is -0.333 e. The summed E-state index contributed by atoms with van der Waals surface area (Å²) in [6.07, 6.45) is 9.26. The van der Waals surface area contributed by atoms with Gasteiger partial charge in [-0.2, -0.15) is 0 Å². The van der Waals surface area contributed by atoms with E-state index in [1.807, 2.05) is 12.5 Å². The summed E-state index contributed by atoms with van der Waals surface area (Å²) in [6, 6.07) is 0.103. The zero-order valence-electron chi connectivity index (χ0n) is 11.3. The molecule has 0 bridgehead atoms. The predicted molar refractivity (Wildman–Crippen MR) is 70.6 cm³/mol. The lowest BCUT2D eigenvalue weighted by molar-refractivity contribution is 0.0983. The van der Waals surface area contributed by atoms with E-state index in [0.29, 0.717) is 11.3 Å². The Morgan fingerprint density at radius 2 is 2.18 bits per heavy atom. The highest BCUT2D eigenvalue weighted by Gasteiger charge is 2.36. The first kappa shape index (κ1) is 12.6. The molecule has 96 valence electrons. The molecular formula is C14H25N3. The summed E-state index contributed by atoms with van der Waals surface area (Å²) in [6.45, 7) is 7.74. The van der Waals surface area contributed by atoms with E-state index in [-0.39, 0.29) is 6.04 Å². The normalized spacial score (nSPS) is 20.3. The molecule has 0 radical (unpaired) electrons. The van der Waals surface area contributed by atoms with Crippen LogP contribution < -0.4 is 5.73 Å². The van der Waals surface area contributed by atoms with Crippen molar-refractivity contribution in [1.29, 1.82) is 0 Å². The SMILES string of the molecule is CCC1(Cn2cncc2C(N)C(C)C)CCC1.